The third-order valence-corrected chi connectivity index (χ3v) is 4.43. The number of pyridine rings is 1. The van der Waals surface area contributed by atoms with Crippen LogP contribution in [0.5, 0.6) is 11.5 Å². The zero-order valence-electron chi connectivity index (χ0n) is 12.0. The summed E-state index contributed by atoms with van der Waals surface area (Å²) in [5.41, 5.74) is 2.04. The summed E-state index contributed by atoms with van der Waals surface area (Å²) in [5.74, 6) is 1.36. The normalized spacial score (nSPS) is 10.8. The molecule has 0 aliphatic rings. The van der Waals surface area contributed by atoms with Gasteiger partial charge < -0.3 is 14.0 Å². The van der Waals surface area contributed by atoms with Gasteiger partial charge in [0.1, 0.15) is 0 Å². The van der Waals surface area contributed by atoms with Crippen LogP contribution in [-0.4, -0.2) is 18.8 Å². The van der Waals surface area contributed by atoms with Gasteiger partial charge in [-0.2, -0.15) is 0 Å². The van der Waals surface area contributed by atoms with Crippen LogP contribution in [0.1, 0.15) is 0 Å². The van der Waals surface area contributed by atoms with Crippen LogP contribution in [0.4, 0.5) is 0 Å². The minimum absolute atomic E-state index is 0.0236. The number of aromatic nitrogens is 1. The van der Waals surface area contributed by atoms with Gasteiger partial charge in [0.15, 0.2) is 11.5 Å². The number of methoxy groups -OCH3 is 2. The molecule has 0 saturated carbocycles. The van der Waals surface area contributed by atoms with Crippen LogP contribution in [0, 0.1) is 0 Å². The van der Waals surface area contributed by atoms with Gasteiger partial charge in [-0.25, -0.2) is 0 Å². The van der Waals surface area contributed by atoms with Crippen molar-refractivity contribution in [3.8, 4) is 22.6 Å². The Hall–Kier alpha value is -2.27. The third-order valence-electron chi connectivity index (χ3n) is 3.48. The van der Waals surface area contributed by atoms with Crippen molar-refractivity contribution in [3.05, 3.63) is 46.2 Å². The van der Waals surface area contributed by atoms with Crippen molar-refractivity contribution in [1.29, 1.82) is 0 Å². The van der Waals surface area contributed by atoms with Gasteiger partial charge in [0.05, 0.1) is 19.6 Å². The monoisotopic (exact) mass is 301 g/mol. The summed E-state index contributed by atoms with van der Waals surface area (Å²) in [4.78, 5) is 12.1. The largest absolute Gasteiger partial charge is 0.493 e. The van der Waals surface area contributed by atoms with Crippen molar-refractivity contribution in [2.45, 2.75) is 0 Å². The van der Waals surface area contributed by atoms with E-state index in [0.717, 1.165) is 21.2 Å². The summed E-state index contributed by atoms with van der Waals surface area (Å²) in [7, 11) is 4.99. The van der Waals surface area contributed by atoms with E-state index < -0.39 is 0 Å². The fourth-order valence-corrected chi connectivity index (χ4v) is 3.32. The molecule has 2 aromatic heterocycles. The molecule has 108 valence electrons. The first-order chi connectivity index (χ1) is 10.2. The molecule has 3 aromatic rings. The second-order valence-corrected chi connectivity index (χ2v) is 5.61. The van der Waals surface area contributed by atoms with Gasteiger partial charge in [0.25, 0.3) is 5.56 Å². The second kappa shape index (κ2) is 5.26. The molecule has 0 radical (unpaired) electrons. The Balaban J connectivity index is 2.28. The van der Waals surface area contributed by atoms with Crippen molar-refractivity contribution in [2.24, 2.45) is 7.05 Å². The minimum Gasteiger partial charge on any atom is -0.493 e. The van der Waals surface area contributed by atoms with Crippen molar-refractivity contribution >= 4 is 21.4 Å². The van der Waals surface area contributed by atoms with E-state index in [1.807, 2.05) is 35.8 Å². The van der Waals surface area contributed by atoms with Gasteiger partial charge in [0.2, 0.25) is 0 Å². The summed E-state index contributed by atoms with van der Waals surface area (Å²) in [6, 6.07) is 7.64. The molecule has 0 atom stereocenters. The maximum absolute atomic E-state index is 12.1. The lowest BCUT2D eigenvalue weighted by Crippen LogP contribution is -2.15. The molecule has 0 saturated heterocycles. The van der Waals surface area contributed by atoms with Crippen molar-refractivity contribution in [1.82, 2.24) is 4.57 Å². The molecule has 0 fully saturated rings. The Morgan fingerprint density at radius 3 is 2.57 bits per heavy atom. The first-order valence-electron chi connectivity index (χ1n) is 6.45. The van der Waals surface area contributed by atoms with E-state index in [2.05, 4.69) is 0 Å². The van der Waals surface area contributed by atoms with Gasteiger partial charge in [-0.1, -0.05) is 6.07 Å². The fourth-order valence-electron chi connectivity index (χ4n) is 2.40. The molecule has 21 heavy (non-hydrogen) atoms. The molecule has 0 aliphatic carbocycles. The number of aryl methyl sites for hydroxylation is 1. The molecule has 0 unspecified atom stereocenters. The van der Waals surface area contributed by atoms with E-state index in [0.29, 0.717) is 11.5 Å². The van der Waals surface area contributed by atoms with Gasteiger partial charge in [-0.15, -0.1) is 11.3 Å². The second-order valence-electron chi connectivity index (χ2n) is 4.69. The predicted molar refractivity (Wildman–Crippen MR) is 85.6 cm³/mol. The van der Waals surface area contributed by atoms with Crippen LogP contribution in [0.15, 0.2) is 40.6 Å². The molecule has 3 rings (SSSR count). The van der Waals surface area contributed by atoms with E-state index in [4.69, 9.17) is 9.47 Å². The zero-order valence-corrected chi connectivity index (χ0v) is 12.9. The van der Waals surface area contributed by atoms with E-state index in [-0.39, 0.29) is 5.56 Å². The third kappa shape index (κ3) is 2.19. The molecule has 0 N–H and O–H groups in total. The van der Waals surface area contributed by atoms with Gasteiger partial charge >= 0.3 is 0 Å². The topological polar surface area (TPSA) is 40.5 Å². The number of ether oxygens (including phenoxy) is 2. The Labute approximate surface area is 126 Å². The molecule has 1 aromatic carbocycles. The number of thiophene rings is 1. The molecule has 5 heteroatoms. The van der Waals surface area contributed by atoms with Crippen molar-refractivity contribution in [3.63, 3.8) is 0 Å². The number of benzene rings is 1. The van der Waals surface area contributed by atoms with Gasteiger partial charge in [-0.05, 0) is 29.1 Å². The van der Waals surface area contributed by atoms with Crippen molar-refractivity contribution in [2.75, 3.05) is 14.2 Å². The minimum atomic E-state index is 0.0236. The lowest BCUT2D eigenvalue weighted by atomic mass is 10.1. The molecular formula is C16H15NO3S. The highest BCUT2D eigenvalue weighted by molar-refractivity contribution is 7.17. The maximum atomic E-state index is 12.1. The van der Waals surface area contributed by atoms with Crippen LogP contribution in [0.3, 0.4) is 0 Å². The van der Waals surface area contributed by atoms with E-state index >= 15 is 0 Å². The average Bonchev–Trinajstić information content (AvgIpc) is 3.00. The Kier molecular flexibility index (Phi) is 3.43. The van der Waals surface area contributed by atoms with E-state index in [9.17, 15) is 4.79 Å². The summed E-state index contributed by atoms with van der Waals surface area (Å²) in [5, 5.41) is 2.69. The van der Waals surface area contributed by atoms with Crippen LogP contribution in [0.25, 0.3) is 21.2 Å². The molecule has 0 aliphatic heterocycles. The molecular weight excluding hydrogens is 286 g/mol. The van der Waals surface area contributed by atoms with Gasteiger partial charge in [0, 0.05) is 23.5 Å². The van der Waals surface area contributed by atoms with Crippen molar-refractivity contribution < 1.29 is 9.47 Å². The number of hydrogen-bond acceptors (Lipinski definition) is 4. The van der Waals surface area contributed by atoms with Crippen LogP contribution < -0.4 is 15.0 Å². The van der Waals surface area contributed by atoms with E-state index in [1.165, 1.54) is 0 Å². The quantitative estimate of drug-likeness (QED) is 0.745. The highest BCUT2D eigenvalue weighted by Crippen LogP contribution is 2.36. The summed E-state index contributed by atoms with van der Waals surface area (Å²) >= 11 is 1.57. The Morgan fingerprint density at radius 1 is 1.10 bits per heavy atom. The first kappa shape index (κ1) is 13.7. The summed E-state index contributed by atoms with van der Waals surface area (Å²) in [6.45, 7) is 0. The van der Waals surface area contributed by atoms with Gasteiger partial charge in [-0.3, -0.25) is 4.79 Å². The Bertz CT molecular complexity index is 864. The molecule has 2 heterocycles. The Morgan fingerprint density at radius 2 is 1.86 bits per heavy atom. The van der Waals surface area contributed by atoms with E-state index in [1.54, 1.807) is 37.2 Å². The lowest BCUT2D eigenvalue weighted by Gasteiger charge is -2.11. The number of nitrogens with zero attached hydrogens (tertiary/aromatic N) is 1. The average molecular weight is 301 g/mol. The smallest absolute Gasteiger partial charge is 0.259 e. The number of hydrogen-bond donors (Lipinski definition) is 0. The number of fused-ring (bicyclic) bond motifs is 1. The summed E-state index contributed by atoms with van der Waals surface area (Å²) < 4.78 is 13.2. The van der Waals surface area contributed by atoms with Crippen LogP contribution in [-0.2, 0) is 7.05 Å². The first-order valence-corrected chi connectivity index (χ1v) is 7.33. The molecule has 4 nitrogen and oxygen atoms in total. The van der Waals surface area contributed by atoms with Crippen LogP contribution >= 0.6 is 11.3 Å². The fraction of sp³-hybridized carbons (Fsp3) is 0.188. The van der Waals surface area contributed by atoms with Crippen LogP contribution in [0.2, 0.25) is 0 Å². The molecule has 0 amide bonds. The highest BCUT2D eigenvalue weighted by atomic mass is 32.1. The molecule has 0 bridgehead atoms. The SMILES string of the molecule is COc1ccc(-c2cn(C)c(=O)c3ccsc23)cc1OC. The molecule has 0 spiro atoms. The zero-order chi connectivity index (χ0) is 15.0. The maximum Gasteiger partial charge on any atom is 0.259 e. The predicted octanol–water partition coefficient (Wildman–Crippen LogP) is 3.28. The lowest BCUT2D eigenvalue weighted by molar-refractivity contribution is 0.355. The highest BCUT2D eigenvalue weighted by Gasteiger charge is 2.12. The summed E-state index contributed by atoms with van der Waals surface area (Å²) in [6.07, 6.45) is 1.86. The number of rotatable bonds is 3. The standard InChI is InChI=1S/C16H15NO3S/c1-17-9-12(15-11(16(17)18)6-7-21-15)10-4-5-13(19-2)14(8-10)20-3/h4-9H,1-3H3.